The van der Waals surface area contributed by atoms with Gasteiger partial charge >= 0.3 is 5.97 Å². The van der Waals surface area contributed by atoms with Crippen LogP contribution in [0.15, 0.2) is 29.3 Å². The fourth-order valence-corrected chi connectivity index (χ4v) is 3.11. The molecule has 0 atom stereocenters. The molecule has 1 aromatic carbocycles. The van der Waals surface area contributed by atoms with Crippen molar-refractivity contribution in [2.24, 2.45) is 10.9 Å². The number of amides is 1. The molecule has 3 N–H and O–H groups in total. The lowest BCUT2D eigenvalue weighted by atomic mass is 9.97. The topological polar surface area (TPSA) is 103 Å². The summed E-state index contributed by atoms with van der Waals surface area (Å²) < 4.78 is 5.11. The third kappa shape index (κ3) is 6.14. The Labute approximate surface area is 166 Å². The van der Waals surface area contributed by atoms with Gasteiger partial charge in [0.25, 0.3) is 5.91 Å². The molecule has 0 radical (unpaired) electrons. The highest BCUT2D eigenvalue weighted by Crippen LogP contribution is 2.19. The van der Waals surface area contributed by atoms with E-state index in [1.807, 2.05) is 13.8 Å². The molecule has 0 saturated carbocycles. The van der Waals surface area contributed by atoms with Crippen LogP contribution in [0.25, 0.3) is 0 Å². The van der Waals surface area contributed by atoms with Crippen LogP contribution in [0.4, 0.5) is 0 Å². The summed E-state index contributed by atoms with van der Waals surface area (Å²) in [6.07, 6.45) is 1.49. The van der Waals surface area contributed by atoms with Gasteiger partial charge in [-0.2, -0.15) is 0 Å². The Hall–Kier alpha value is -2.77. The summed E-state index contributed by atoms with van der Waals surface area (Å²) in [5, 5.41) is 15.7. The van der Waals surface area contributed by atoms with Gasteiger partial charge in [0.15, 0.2) is 5.96 Å². The Kier molecular flexibility index (Phi) is 8.58. The van der Waals surface area contributed by atoms with Crippen molar-refractivity contribution in [3.05, 3.63) is 29.8 Å². The highest BCUT2D eigenvalue weighted by atomic mass is 16.5. The molecular formula is C20H30N4O4. The standard InChI is InChI=1S/C20H30N4O4/c1-3-21-20(24-13-9-15(10-14-24)19(27)28-4-2)23-12-11-22-18(26)16-7-5-6-8-17(16)25/h5-8,15,25H,3-4,9-14H2,1-2H3,(H,21,23)(H,22,26). The number of para-hydroxylation sites is 1. The fourth-order valence-electron chi connectivity index (χ4n) is 3.11. The van der Waals surface area contributed by atoms with E-state index in [1.54, 1.807) is 18.2 Å². The highest BCUT2D eigenvalue weighted by molar-refractivity contribution is 5.96. The van der Waals surface area contributed by atoms with Crippen LogP contribution >= 0.6 is 0 Å². The molecule has 0 aromatic heterocycles. The maximum absolute atomic E-state index is 12.1. The number of carbonyl (C=O) groups excluding carboxylic acids is 2. The molecule has 28 heavy (non-hydrogen) atoms. The molecule has 154 valence electrons. The Morgan fingerprint density at radius 1 is 1.21 bits per heavy atom. The summed E-state index contributed by atoms with van der Waals surface area (Å²) in [6, 6.07) is 6.43. The van der Waals surface area contributed by atoms with Gasteiger partial charge in [-0.1, -0.05) is 12.1 Å². The van der Waals surface area contributed by atoms with Gasteiger partial charge in [-0.15, -0.1) is 0 Å². The lowest BCUT2D eigenvalue weighted by Gasteiger charge is -2.33. The van der Waals surface area contributed by atoms with E-state index in [0.717, 1.165) is 38.4 Å². The number of nitrogens with one attached hydrogen (secondary N) is 2. The molecule has 1 fully saturated rings. The SMILES string of the molecule is CCNC(=NCCNC(=O)c1ccccc1O)N1CCC(C(=O)OCC)CC1. The smallest absolute Gasteiger partial charge is 0.309 e. The Bertz CT molecular complexity index is 685. The monoisotopic (exact) mass is 390 g/mol. The molecule has 1 aliphatic rings. The average molecular weight is 390 g/mol. The van der Waals surface area contributed by atoms with Gasteiger partial charge in [0.05, 0.1) is 24.6 Å². The number of ether oxygens (including phenoxy) is 1. The zero-order valence-corrected chi connectivity index (χ0v) is 16.6. The first-order chi connectivity index (χ1) is 13.6. The molecule has 8 heteroatoms. The predicted molar refractivity (Wildman–Crippen MR) is 107 cm³/mol. The summed E-state index contributed by atoms with van der Waals surface area (Å²) in [4.78, 5) is 30.7. The molecule has 2 rings (SSSR count). The lowest BCUT2D eigenvalue weighted by molar-refractivity contribution is -0.149. The van der Waals surface area contributed by atoms with Crippen molar-refractivity contribution in [3.63, 3.8) is 0 Å². The van der Waals surface area contributed by atoms with Gasteiger partial charge in [-0.05, 0) is 38.8 Å². The molecular weight excluding hydrogens is 360 g/mol. The van der Waals surface area contributed by atoms with Gasteiger partial charge in [0.1, 0.15) is 5.75 Å². The maximum atomic E-state index is 12.1. The van der Waals surface area contributed by atoms with Gasteiger partial charge in [0, 0.05) is 26.2 Å². The first kappa shape index (κ1) is 21.5. The molecule has 1 amide bonds. The van der Waals surface area contributed by atoms with Crippen molar-refractivity contribution in [3.8, 4) is 5.75 Å². The van der Waals surface area contributed by atoms with E-state index in [0.29, 0.717) is 19.7 Å². The Balaban J connectivity index is 1.83. The maximum Gasteiger partial charge on any atom is 0.309 e. The Morgan fingerprint density at radius 3 is 2.57 bits per heavy atom. The second-order valence-corrected chi connectivity index (χ2v) is 6.52. The molecule has 8 nitrogen and oxygen atoms in total. The molecule has 0 bridgehead atoms. The highest BCUT2D eigenvalue weighted by Gasteiger charge is 2.27. The normalized spacial score (nSPS) is 15.2. The molecule has 1 heterocycles. The Morgan fingerprint density at radius 2 is 1.93 bits per heavy atom. The zero-order chi connectivity index (χ0) is 20.4. The quantitative estimate of drug-likeness (QED) is 0.281. The summed E-state index contributed by atoms with van der Waals surface area (Å²) in [6.45, 7) is 7.22. The predicted octanol–water partition coefficient (Wildman–Crippen LogP) is 1.36. The van der Waals surface area contributed by atoms with Gasteiger partial charge in [0.2, 0.25) is 0 Å². The van der Waals surface area contributed by atoms with Crippen molar-refractivity contribution in [2.45, 2.75) is 26.7 Å². The second kappa shape index (κ2) is 11.2. The van der Waals surface area contributed by atoms with E-state index in [9.17, 15) is 14.7 Å². The van der Waals surface area contributed by atoms with Crippen LogP contribution in [-0.2, 0) is 9.53 Å². The molecule has 1 aliphatic heterocycles. The minimum Gasteiger partial charge on any atom is -0.507 e. The minimum atomic E-state index is -0.325. The number of phenolic OH excluding ortho intramolecular Hbond substituents is 1. The van der Waals surface area contributed by atoms with Crippen molar-refractivity contribution in [1.82, 2.24) is 15.5 Å². The number of guanidine groups is 1. The molecule has 1 saturated heterocycles. The molecule has 0 spiro atoms. The van der Waals surface area contributed by atoms with Crippen molar-refractivity contribution in [1.29, 1.82) is 0 Å². The van der Waals surface area contributed by atoms with Crippen LogP contribution in [0.3, 0.4) is 0 Å². The van der Waals surface area contributed by atoms with Crippen LogP contribution in [-0.4, -0.2) is 67.2 Å². The number of carbonyl (C=O) groups is 2. The van der Waals surface area contributed by atoms with Crippen LogP contribution in [0, 0.1) is 5.92 Å². The molecule has 0 unspecified atom stereocenters. The molecule has 1 aromatic rings. The summed E-state index contributed by atoms with van der Waals surface area (Å²) in [5.74, 6) is 0.254. The van der Waals surface area contributed by atoms with Crippen molar-refractivity contribution >= 4 is 17.8 Å². The largest absolute Gasteiger partial charge is 0.507 e. The van der Waals surface area contributed by atoms with Gasteiger partial charge < -0.3 is 25.4 Å². The number of nitrogens with zero attached hydrogens (tertiary/aromatic N) is 2. The van der Waals surface area contributed by atoms with Gasteiger partial charge in [-0.25, -0.2) is 0 Å². The summed E-state index contributed by atoms with van der Waals surface area (Å²) in [7, 11) is 0. The minimum absolute atomic E-state index is 0.0405. The summed E-state index contributed by atoms with van der Waals surface area (Å²) in [5.41, 5.74) is 0.249. The first-order valence-electron chi connectivity index (χ1n) is 9.82. The van der Waals surface area contributed by atoms with E-state index in [1.165, 1.54) is 6.07 Å². The second-order valence-electron chi connectivity index (χ2n) is 6.52. The van der Waals surface area contributed by atoms with Crippen LogP contribution < -0.4 is 10.6 Å². The molecule has 0 aliphatic carbocycles. The van der Waals surface area contributed by atoms with Crippen LogP contribution in [0.2, 0.25) is 0 Å². The third-order valence-electron chi connectivity index (χ3n) is 4.56. The van der Waals surface area contributed by atoms with E-state index >= 15 is 0 Å². The average Bonchev–Trinajstić information content (AvgIpc) is 2.71. The van der Waals surface area contributed by atoms with Crippen LogP contribution in [0.5, 0.6) is 5.75 Å². The number of aromatic hydroxyl groups is 1. The number of piperidine rings is 1. The van der Waals surface area contributed by atoms with E-state index in [4.69, 9.17) is 4.74 Å². The summed E-state index contributed by atoms with van der Waals surface area (Å²) >= 11 is 0. The van der Waals surface area contributed by atoms with E-state index in [2.05, 4.69) is 20.5 Å². The number of likely N-dealkylation sites (tertiary alicyclic amines) is 1. The fraction of sp³-hybridized carbons (Fsp3) is 0.550. The number of rotatable bonds is 7. The van der Waals surface area contributed by atoms with E-state index < -0.39 is 0 Å². The zero-order valence-electron chi connectivity index (χ0n) is 16.6. The number of aliphatic imine (C=N–C) groups is 1. The van der Waals surface area contributed by atoms with Crippen molar-refractivity contribution < 1.29 is 19.4 Å². The number of esters is 1. The lowest BCUT2D eigenvalue weighted by Crippen LogP contribution is -2.47. The number of phenols is 1. The van der Waals surface area contributed by atoms with Crippen molar-refractivity contribution in [2.75, 3.05) is 39.3 Å². The number of benzene rings is 1. The first-order valence-corrected chi connectivity index (χ1v) is 9.82. The van der Waals surface area contributed by atoms with Crippen LogP contribution in [0.1, 0.15) is 37.0 Å². The third-order valence-corrected chi connectivity index (χ3v) is 4.56. The van der Waals surface area contributed by atoms with Gasteiger partial charge in [-0.3, -0.25) is 14.6 Å². The number of hydrogen-bond donors (Lipinski definition) is 3. The number of hydrogen-bond acceptors (Lipinski definition) is 5. The van der Waals surface area contributed by atoms with E-state index in [-0.39, 0.29) is 29.1 Å².